The van der Waals surface area contributed by atoms with Crippen LogP contribution in [0.25, 0.3) is 11.4 Å². The van der Waals surface area contributed by atoms with Crippen molar-refractivity contribution in [3.63, 3.8) is 0 Å². The topological polar surface area (TPSA) is 75.0 Å². The van der Waals surface area contributed by atoms with E-state index in [1.54, 1.807) is 37.6 Å². The zero-order chi connectivity index (χ0) is 19.8. The second-order valence-electron chi connectivity index (χ2n) is 6.27. The van der Waals surface area contributed by atoms with Crippen LogP contribution in [-0.2, 0) is 28.1 Å². The van der Waals surface area contributed by atoms with Crippen molar-refractivity contribution in [2.45, 2.75) is 34.0 Å². The molecule has 8 heteroatoms. The first-order valence-corrected chi connectivity index (χ1v) is 11.0. The Morgan fingerprint density at radius 3 is 2.22 bits per heavy atom. The number of hydrogen-bond donors (Lipinski definition) is 0. The highest BCUT2D eigenvalue weighted by atomic mass is 32.2. The fourth-order valence-corrected chi connectivity index (χ4v) is 5.54. The molecule has 0 amide bonds. The van der Waals surface area contributed by atoms with Crippen molar-refractivity contribution in [1.29, 1.82) is 0 Å². The molecule has 3 rings (SSSR count). The molecule has 0 radical (unpaired) electrons. The highest BCUT2D eigenvalue weighted by Crippen LogP contribution is 2.32. The van der Waals surface area contributed by atoms with Gasteiger partial charge in [-0.3, -0.25) is 4.57 Å². The van der Waals surface area contributed by atoms with E-state index >= 15 is 0 Å². The Kier molecular flexibility index (Phi) is 5.41. The van der Waals surface area contributed by atoms with Gasteiger partial charge in [0.05, 0.1) is 4.90 Å². The first kappa shape index (κ1) is 19.6. The van der Waals surface area contributed by atoms with Crippen LogP contribution in [0.2, 0.25) is 0 Å². The van der Waals surface area contributed by atoms with E-state index in [4.69, 9.17) is 0 Å². The summed E-state index contributed by atoms with van der Waals surface area (Å²) in [6.45, 7) is 3.50. The molecule has 0 aliphatic carbocycles. The smallest absolute Gasteiger partial charge is 0.265 e. The number of rotatable bonds is 5. The number of aromatic nitrogens is 2. The minimum Gasteiger partial charge on any atom is -0.610 e. The van der Waals surface area contributed by atoms with E-state index in [-0.39, 0.29) is 20.2 Å². The minimum atomic E-state index is -4.07. The number of sulfone groups is 1. The summed E-state index contributed by atoms with van der Waals surface area (Å²) >= 11 is -1.59. The quantitative estimate of drug-likeness (QED) is 0.479. The van der Waals surface area contributed by atoms with E-state index in [1.807, 2.05) is 18.2 Å². The van der Waals surface area contributed by atoms with Gasteiger partial charge in [-0.25, -0.2) is 17.8 Å². The average Bonchev–Trinajstić information content (AvgIpc) is 3.00. The van der Waals surface area contributed by atoms with Gasteiger partial charge < -0.3 is 4.55 Å². The molecule has 0 aliphatic rings. The molecule has 0 bridgehead atoms. The van der Waals surface area contributed by atoms with Gasteiger partial charge in [0.1, 0.15) is 16.9 Å². The van der Waals surface area contributed by atoms with Gasteiger partial charge in [0.25, 0.3) is 5.03 Å². The first-order chi connectivity index (χ1) is 12.7. The van der Waals surface area contributed by atoms with E-state index < -0.39 is 26.8 Å². The van der Waals surface area contributed by atoms with Crippen LogP contribution in [-0.4, -0.2) is 27.8 Å². The lowest BCUT2D eigenvalue weighted by atomic mass is 10.2. The van der Waals surface area contributed by atoms with Gasteiger partial charge in [-0.1, -0.05) is 30.3 Å². The molecule has 0 aliphatic heterocycles. The van der Waals surface area contributed by atoms with Crippen LogP contribution in [0.1, 0.15) is 13.8 Å². The van der Waals surface area contributed by atoms with Gasteiger partial charge in [-0.15, -0.1) is 0 Å². The monoisotopic (exact) mass is 406 g/mol. The lowest BCUT2D eigenvalue weighted by Gasteiger charge is -2.15. The third-order valence-corrected chi connectivity index (χ3v) is 7.56. The molecule has 1 atom stereocenters. The standard InChI is InChI=1S/C19H19FN2O3S2/c1-13(2)26(23)19-18(27(24,25)16-11-9-15(20)10-12-16)21-17(22(19)3)14-7-5-4-6-8-14/h4-13H,1-3H3. The highest BCUT2D eigenvalue weighted by Gasteiger charge is 2.36. The number of hydrogen-bond acceptors (Lipinski definition) is 4. The molecular formula is C19H19FN2O3S2. The third kappa shape index (κ3) is 3.65. The summed E-state index contributed by atoms with van der Waals surface area (Å²) in [5.41, 5.74) is 0.711. The summed E-state index contributed by atoms with van der Waals surface area (Å²) in [5.74, 6) is -0.133. The van der Waals surface area contributed by atoms with Crippen LogP contribution < -0.4 is 0 Å². The van der Waals surface area contributed by atoms with E-state index in [0.717, 1.165) is 12.1 Å². The van der Waals surface area contributed by atoms with Gasteiger partial charge in [0.2, 0.25) is 14.9 Å². The zero-order valence-electron chi connectivity index (χ0n) is 15.1. The van der Waals surface area contributed by atoms with Crippen molar-refractivity contribution in [2.75, 3.05) is 0 Å². The number of halogens is 1. The van der Waals surface area contributed by atoms with Crippen molar-refractivity contribution >= 4 is 21.0 Å². The molecule has 5 nitrogen and oxygen atoms in total. The molecule has 0 fully saturated rings. The summed E-state index contributed by atoms with van der Waals surface area (Å²) in [6, 6.07) is 13.6. The van der Waals surface area contributed by atoms with E-state index in [0.29, 0.717) is 11.4 Å². The SMILES string of the molecule is CC(C)[S+]([O-])c1c(S(=O)(=O)c2ccc(F)cc2)nc(-c2ccccc2)n1C. The summed E-state index contributed by atoms with van der Waals surface area (Å²) in [7, 11) is -2.42. The third-order valence-electron chi connectivity index (χ3n) is 4.04. The maximum absolute atomic E-state index is 13.2. The number of benzene rings is 2. The van der Waals surface area contributed by atoms with Gasteiger partial charge in [-0.2, -0.15) is 0 Å². The Bertz CT molecular complexity index is 1050. The average molecular weight is 407 g/mol. The highest BCUT2D eigenvalue weighted by molar-refractivity contribution is 7.94. The molecule has 3 aromatic rings. The van der Waals surface area contributed by atoms with Crippen molar-refractivity contribution in [1.82, 2.24) is 9.55 Å². The second-order valence-corrected chi connectivity index (χ2v) is 10.1. The summed E-state index contributed by atoms with van der Waals surface area (Å²) in [4.78, 5) is 4.25. The zero-order valence-corrected chi connectivity index (χ0v) is 16.7. The molecule has 1 heterocycles. The Labute approximate surface area is 161 Å². The molecule has 2 aromatic carbocycles. The largest absolute Gasteiger partial charge is 0.610 e. The Hall–Kier alpha value is -2.16. The summed E-state index contributed by atoms with van der Waals surface area (Å²) < 4.78 is 54.0. The fraction of sp³-hybridized carbons (Fsp3) is 0.211. The van der Waals surface area contributed by atoms with Gasteiger partial charge in [-0.05, 0) is 38.1 Å². The van der Waals surface area contributed by atoms with Gasteiger partial charge >= 0.3 is 0 Å². The Balaban J connectivity index is 2.26. The Morgan fingerprint density at radius 2 is 1.67 bits per heavy atom. The van der Waals surface area contributed by atoms with Gasteiger partial charge in [0, 0.05) is 23.8 Å². The maximum atomic E-state index is 13.2. The molecule has 0 saturated carbocycles. The lowest BCUT2D eigenvalue weighted by molar-refractivity contribution is 0.563. The van der Waals surface area contributed by atoms with Crippen LogP contribution in [0, 0.1) is 5.82 Å². The normalized spacial score (nSPS) is 13.1. The number of nitrogens with zero attached hydrogens (tertiary/aromatic N) is 2. The molecule has 1 aromatic heterocycles. The molecular weight excluding hydrogens is 387 g/mol. The molecule has 0 saturated heterocycles. The Morgan fingerprint density at radius 1 is 1.07 bits per heavy atom. The lowest BCUT2D eigenvalue weighted by Crippen LogP contribution is -2.20. The minimum absolute atomic E-state index is 0.0939. The van der Waals surface area contributed by atoms with Crippen LogP contribution in [0.15, 0.2) is 69.5 Å². The predicted octanol–water partition coefficient (Wildman–Crippen LogP) is 3.58. The summed E-state index contributed by atoms with van der Waals surface area (Å²) in [5, 5.41) is -0.429. The molecule has 0 N–H and O–H groups in total. The van der Waals surface area contributed by atoms with Crippen molar-refractivity contribution < 1.29 is 17.4 Å². The molecule has 142 valence electrons. The molecule has 0 spiro atoms. The van der Waals surface area contributed by atoms with E-state index in [1.165, 1.54) is 12.1 Å². The summed E-state index contributed by atoms with van der Waals surface area (Å²) in [6.07, 6.45) is 0. The van der Waals surface area contributed by atoms with Crippen LogP contribution in [0.4, 0.5) is 4.39 Å². The van der Waals surface area contributed by atoms with Crippen molar-refractivity contribution in [3.8, 4) is 11.4 Å². The maximum Gasteiger partial charge on any atom is 0.265 e. The van der Waals surface area contributed by atoms with Crippen LogP contribution >= 0.6 is 0 Å². The van der Waals surface area contributed by atoms with E-state index in [9.17, 15) is 17.4 Å². The van der Waals surface area contributed by atoms with Crippen molar-refractivity contribution in [3.05, 3.63) is 60.4 Å². The van der Waals surface area contributed by atoms with Crippen LogP contribution in [0.3, 0.4) is 0 Å². The molecule has 1 unspecified atom stereocenters. The van der Waals surface area contributed by atoms with Crippen LogP contribution in [0.5, 0.6) is 0 Å². The number of imidazole rings is 1. The van der Waals surface area contributed by atoms with Crippen molar-refractivity contribution in [2.24, 2.45) is 7.05 Å². The molecule has 27 heavy (non-hydrogen) atoms. The fourth-order valence-electron chi connectivity index (χ4n) is 2.65. The second kappa shape index (κ2) is 7.46. The van der Waals surface area contributed by atoms with E-state index in [2.05, 4.69) is 4.98 Å². The predicted molar refractivity (Wildman–Crippen MR) is 102 cm³/mol. The first-order valence-electron chi connectivity index (χ1n) is 8.27. The van der Waals surface area contributed by atoms with Gasteiger partial charge in [0.15, 0.2) is 0 Å².